The second kappa shape index (κ2) is 5.32. The fourth-order valence-electron chi connectivity index (χ4n) is 5.63. The van der Waals surface area contributed by atoms with Gasteiger partial charge in [0.05, 0.1) is 0 Å². The van der Waals surface area contributed by atoms with Gasteiger partial charge in [0.1, 0.15) is 0 Å². The molecule has 1 atom stereocenters. The van der Waals surface area contributed by atoms with Gasteiger partial charge in [-0.1, -0.05) is 0 Å². The molecule has 0 aromatic carbocycles. The molecule has 0 saturated heterocycles. The summed E-state index contributed by atoms with van der Waals surface area (Å²) in [7, 11) is 1.96. The molecule has 0 spiro atoms. The molecule has 4 aliphatic carbocycles. The second-order valence-electron chi connectivity index (χ2n) is 8.03. The zero-order valence-electron chi connectivity index (χ0n) is 13.1. The second-order valence-corrected chi connectivity index (χ2v) is 8.03. The van der Waals surface area contributed by atoms with E-state index in [-0.39, 0.29) is 6.04 Å². The fraction of sp³-hybridized carbons (Fsp3) is 0.941. The largest absolute Gasteiger partial charge is 0.343 e. The quantitative estimate of drug-likeness (QED) is 0.840. The Bertz CT molecular complexity index is 344. The van der Waals surface area contributed by atoms with Gasteiger partial charge in [-0.05, 0) is 81.6 Å². The van der Waals surface area contributed by atoms with E-state index in [1.54, 1.807) is 0 Å². The molecule has 114 valence electrons. The molecule has 1 amide bonds. The lowest BCUT2D eigenvalue weighted by Gasteiger charge is -2.57. The first-order valence-electron chi connectivity index (χ1n) is 8.47. The van der Waals surface area contributed by atoms with E-state index in [9.17, 15) is 4.79 Å². The van der Waals surface area contributed by atoms with Crippen LogP contribution in [-0.4, -0.2) is 30.4 Å². The number of rotatable bonds is 5. The van der Waals surface area contributed by atoms with Gasteiger partial charge in [0.15, 0.2) is 0 Å². The molecule has 4 aliphatic rings. The molecule has 4 bridgehead atoms. The molecule has 2 N–H and O–H groups in total. The highest BCUT2D eigenvalue weighted by molar-refractivity contribution is 5.77. The summed E-state index contributed by atoms with van der Waals surface area (Å²) in [5, 5.41) is 0. The number of hydrogen-bond acceptors (Lipinski definition) is 2. The van der Waals surface area contributed by atoms with E-state index < -0.39 is 0 Å². The van der Waals surface area contributed by atoms with Crippen molar-refractivity contribution in [3.63, 3.8) is 0 Å². The lowest BCUT2D eigenvalue weighted by molar-refractivity contribution is -0.140. The normalized spacial score (nSPS) is 39.9. The van der Waals surface area contributed by atoms with E-state index in [0.717, 1.165) is 30.6 Å². The van der Waals surface area contributed by atoms with E-state index in [4.69, 9.17) is 5.73 Å². The van der Waals surface area contributed by atoms with Crippen LogP contribution in [0.4, 0.5) is 0 Å². The van der Waals surface area contributed by atoms with Crippen LogP contribution >= 0.6 is 0 Å². The maximum absolute atomic E-state index is 12.6. The van der Waals surface area contributed by atoms with Crippen molar-refractivity contribution in [2.75, 3.05) is 13.6 Å². The summed E-state index contributed by atoms with van der Waals surface area (Å²) in [6, 6.07) is 0.279. The monoisotopic (exact) mass is 278 g/mol. The van der Waals surface area contributed by atoms with Crippen LogP contribution in [0.1, 0.15) is 58.3 Å². The molecule has 3 nitrogen and oxygen atoms in total. The predicted molar refractivity (Wildman–Crippen MR) is 81.1 cm³/mol. The van der Waals surface area contributed by atoms with Crippen LogP contribution in [-0.2, 0) is 4.79 Å². The zero-order valence-corrected chi connectivity index (χ0v) is 13.1. The Morgan fingerprint density at radius 3 is 2.15 bits per heavy atom. The molecule has 0 aromatic heterocycles. The van der Waals surface area contributed by atoms with Gasteiger partial charge in [-0.3, -0.25) is 4.79 Å². The fourth-order valence-corrected chi connectivity index (χ4v) is 5.63. The van der Waals surface area contributed by atoms with E-state index in [1.807, 2.05) is 11.9 Å². The van der Waals surface area contributed by atoms with Crippen molar-refractivity contribution in [2.24, 2.45) is 28.9 Å². The van der Waals surface area contributed by atoms with Crippen molar-refractivity contribution < 1.29 is 4.79 Å². The van der Waals surface area contributed by atoms with Crippen molar-refractivity contribution >= 4 is 5.91 Å². The van der Waals surface area contributed by atoms with Gasteiger partial charge < -0.3 is 10.6 Å². The number of nitrogens with zero attached hydrogens (tertiary/aromatic N) is 1. The lowest BCUT2D eigenvalue weighted by atomic mass is 9.49. The van der Waals surface area contributed by atoms with Crippen molar-refractivity contribution in [1.82, 2.24) is 4.90 Å². The molecule has 20 heavy (non-hydrogen) atoms. The first-order valence-corrected chi connectivity index (χ1v) is 8.47. The predicted octanol–water partition coefficient (Wildman–Crippen LogP) is 2.79. The van der Waals surface area contributed by atoms with Crippen molar-refractivity contribution in [3.8, 4) is 0 Å². The average Bonchev–Trinajstić information content (AvgIpc) is 2.35. The lowest BCUT2D eigenvalue weighted by Crippen LogP contribution is -2.49. The number of carbonyl (C=O) groups excluding carboxylic acids is 1. The van der Waals surface area contributed by atoms with E-state index >= 15 is 0 Å². The Morgan fingerprint density at radius 2 is 1.70 bits per heavy atom. The summed E-state index contributed by atoms with van der Waals surface area (Å²) in [5.41, 5.74) is 5.98. The third kappa shape index (κ3) is 2.61. The molecule has 4 rings (SSSR count). The van der Waals surface area contributed by atoms with Crippen molar-refractivity contribution in [1.29, 1.82) is 0 Å². The highest BCUT2D eigenvalue weighted by Gasteiger charge is 2.51. The summed E-state index contributed by atoms with van der Waals surface area (Å²) < 4.78 is 0. The standard InChI is InChI=1S/C17H30N2O/c1-12(3-4-18)19(2)16(20)11-17-8-13-5-14(9-17)7-15(6-13)10-17/h12-15H,3-11,18H2,1-2H3. The molecule has 0 aliphatic heterocycles. The average molecular weight is 278 g/mol. The summed E-state index contributed by atoms with van der Waals surface area (Å²) in [6.07, 6.45) is 10.0. The van der Waals surface area contributed by atoms with E-state index in [0.29, 0.717) is 17.9 Å². The van der Waals surface area contributed by atoms with Gasteiger partial charge in [-0.25, -0.2) is 0 Å². The van der Waals surface area contributed by atoms with Gasteiger partial charge in [0, 0.05) is 19.5 Å². The Kier molecular flexibility index (Phi) is 3.83. The molecule has 3 heteroatoms. The first kappa shape index (κ1) is 14.4. The highest BCUT2D eigenvalue weighted by Crippen LogP contribution is 2.61. The molecule has 0 aromatic rings. The van der Waals surface area contributed by atoms with Crippen LogP contribution in [0, 0.1) is 23.2 Å². The highest BCUT2D eigenvalue weighted by atomic mass is 16.2. The van der Waals surface area contributed by atoms with Gasteiger partial charge in [0.2, 0.25) is 5.91 Å². The smallest absolute Gasteiger partial charge is 0.223 e. The Balaban J connectivity index is 1.64. The minimum atomic E-state index is 0.279. The Labute approximate surface area is 123 Å². The molecule has 4 fully saturated rings. The molecule has 1 unspecified atom stereocenters. The van der Waals surface area contributed by atoms with Gasteiger partial charge in [0.25, 0.3) is 0 Å². The Hall–Kier alpha value is -0.570. The van der Waals surface area contributed by atoms with Crippen molar-refractivity contribution in [3.05, 3.63) is 0 Å². The third-order valence-electron chi connectivity index (χ3n) is 6.33. The van der Waals surface area contributed by atoms with Crippen LogP contribution in [0.2, 0.25) is 0 Å². The minimum Gasteiger partial charge on any atom is -0.343 e. The molecule has 0 heterocycles. The zero-order chi connectivity index (χ0) is 14.3. The van der Waals surface area contributed by atoms with Crippen molar-refractivity contribution in [2.45, 2.75) is 64.3 Å². The maximum atomic E-state index is 12.6. The molecule has 0 radical (unpaired) electrons. The van der Waals surface area contributed by atoms with Gasteiger partial charge in [-0.2, -0.15) is 0 Å². The molecular formula is C17H30N2O. The van der Waals surface area contributed by atoms with Crippen LogP contribution in [0.5, 0.6) is 0 Å². The first-order chi connectivity index (χ1) is 9.51. The molecule has 4 saturated carbocycles. The van der Waals surface area contributed by atoms with Gasteiger partial charge >= 0.3 is 0 Å². The summed E-state index contributed by atoms with van der Waals surface area (Å²) in [5.74, 6) is 3.15. The van der Waals surface area contributed by atoms with Crippen LogP contribution in [0.15, 0.2) is 0 Å². The molecular weight excluding hydrogens is 248 g/mol. The third-order valence-corrected chi connectivity index (χ3v) is 6.33. The topological polar surface area (TPSA) is 46.3 Å². The summed E-state index contributed by atoms with van der Waals surface area (Å²) >= 11 is 0. The summed E-state index contributed by atoms with van der Waals surface area (Å²) in [4.78, 5) is 14.6. The van der Waals surface area contributed by atoms with Gasteiger partial charge in [-0.15, -0.1) is 0 Å². The number of carbonyl (C=O) groups is 1. The number of hydrogen-bond donors (Lipinski definition) is 1. The minimum absolute atomic E-state index is 0.279. The van der Waals surface area contributed by atoms with E-state index in [2.05, 4.69) is 6.92 Å². The van der Waals surface area contributed by atoms with Crippen LogP contribution < -0.4 is 5.73 Å². The number of amides is 1. The SMILES string of the molecule is CC(CCN)N(C)C(=O)CC12CC3CC(CC(C3)C1)C2. The van der Waals surface area contributed by atoms with Crippen LogP contribution in [0.25, 0.3) is 0 Å². The van der Waals surface area contributed by atoms with Crippen LogP contribution in [0.3, 0.4) is 0 Å². The number of nitrogens with two attached hydrogens (primary N) is 1. The summed E-state index contributed by atoms with van der Waals surface area (Å²) in [6.45, 7) is 2.78. The van der Waals surface area contributed by atoms with E-state index in [1.165, 1.54) is 38.5 Å². The Morgan fingerprint density at radius 1 is 1.20 bits per heavy atom. The maximum Gasteiger partial charge on any atom is 0.223 e.